The van der Waals surface area contributed by atoms with Crippen molar-refractivity contribution < 1.29 is 52.1 Å². The van der Waals surface area contributed by atoms with Crippen molar-refractivity contribution in [1.82, 2.24) is 0 Å². The number of hydrogen-bond donors (Lipinski definition) is 1. The Morgan fingerprint density at radius 1 is 0.760 bits per heavy atom. The van der Waals surface area contributed by atoms with Gasteiger partial charge >= 0.3 is 0 Å². The van der Waals surface area contributed by atoms with Gasteiger partial charge in [0.1, 0.15) is 29.5 Å². The number of alkyl halides is 3. The summed E-state index contributed by atoms with van der Waals surface area (Å²) in [5.74, 6) is 3.20. The molecule has 269 valence electrons. The first-order chi connectivity index (χ1) is 23.7. The van der Waals surface area contributed by atoms with E-state index in [4.69, 9.17) is 28.4 Å². The number of rotatable bonds is 8. The second kappa shape index (κ2) is 24.5. The molecule has 1 radical (unpaired) electrons. The molecular weight excluding hydrogens is 1130 g/mol. The van der Waals surface area contributed by atoms with Gasteiger partial charge in [-0.1, -0.05) is 116 Å². The zero-order valence-electron chi connectivity index (χ0n) is 28.3. The third-order valence-electron chi connectivity index (χ3n) is 7.39. The Balaban J connectivity index is 0.000000295. The standard InChI is InChI=1S/C18H20O4.C18H18O3.CHI3.CH2I.V/c1-12-3-8-15-17(9-12)21-10-16(18(15)19)13-4-6-14(7-5-13)22-11-20-2;1-13-3-4-15-10-16(11-20-18(15)9-13)14-5-7-17(8-6-14)21-12-19-2;2-1(3)4;1-2;/h3-9,16,18-19H,10-11H2,1-2H3;3-10H,11-12H2,1-2H3;1H;1H2;/q;;;-1;. The minimum atomic E-state index is -0.560. The predicted octanol–water partition coefficient (Wildman–Crippen LogP) is 10.9. The third kappa shape index (κ3) is 14.6. The molecule has 0 aliphatic carbocycles. The van der Waals surface area contributed by atoms with Crippen LogP contribution in [0.15, 0.2) is 84.9 Å². The molecule has 2 aliphatic rings. The molecule has 0 saturated carbocycles. The summed E-state index contributed by atoms with van der Waals surface area (Å²) in [5, 5.41) is 10.6. The van der Waals surface area contributed by atoms with Gasteiger partial charge < -0.3 is 56.1 Å². The van der Waals surface area contributed by atoms with E-state index in [0.29, 0.717) is 13.2 Å². The average Bonchev–Trinajstić information content (AvgIpc) is 3.11. The summed E-state index contributed by atoms with van der Waals surface area (Å²) in [6.45, 7) is 5.63. The van der Waals surface area contributed by atoms with E-state index >= 15 is 0 Å². The van der Waals surface area contributed by atoms with E-state index in [1.165, 1.54) is 11.1 Å². The largest absolute Gasteiger partial charge is 0.492 e. The van der Waals surface area contributed by atoms with Crippen molar-refractivity contribution in [2.75, 3.05) is 41.0 Å². The van der Waals surface area contributed by atoms with E-state index in [1.54, 1.807) is 14.2 Å². The van der Waals surface area contributed by atoms with Gasteiger partial charge in [-0.3, -0.25) is 4.93 Å². The van der Waals surface area contributed by atoms with E-state index in [1.807, 2.05) is 96.2 Å². The van der Waals surface area contributed by atoms with Crippen LogP contribution in [-0.2, 0) is 28.0 Å². The van der Waals surface area contributed by atoms with Crippen molar-refractivity contribution in [3.8, 4) is 23.0 Å². The second-order valence-electron chi connectivity index (χ2n) is 10.8. The fraction of sp³-hybridized carbons (Fsp3) is 0.289. The molecule has 2 heterocycles. The Morgan fingerprint density at radius 3 is 1.84 bits per heavy atom. The molecule has 0 bridgehead atoms. The molecule has 4 aromatic carbocycles. The molecular formula is C38H41I4O7V-. The number of aliphatic hydroxyl groups excluding tert-OH is 1. The second-order valence-corrected chi connectivity index (χ2v) is 21.7. The first-order valence-electron chi connectivity index (χ1n) is 15.2. The fourth-order valence-electron chi connectivity index (χ4n) is 5.04. The van der Waals surface area contributed by atoms with Crippen LogP contribution in [0.2, 0.25) is 0 Å². The summed E-state index contributed by atoms with van der Waals surface area (Å²) in [4.78, 5) is 3.22. The number of ether oxygens (including phenoxy) is 6. The van der Waals surface area contributed by atoms with Crippen molar-refractivity contribution in [1.29, 1.82) is 0 Å². The van der Waals surface area contributed by atoms with Crippen molar-refractivity contribution in [3.63, 3.8) is 0 Å². The molecule has 0 saturated heterocycles. The molecule has 2 atom stereocenters. The van der Waals surface area contributed by atoms with Crippen LogP contribution in [0.4, 0.5) is 0 Å². The molecule has 0 spiro atoms. The van der Waals surface area contributed by atoms with Gasteiger partial charge in [0, 0.05) is 49.8 Å². The van der Waals surface area contributed by atoms with Crippen molar-refractivity contribution in [2.45, 2.75) is 25.8 Å². The van der Waals surface area contributed by atoms with Crippen LogP contribution in [0, 0.1) is 18.8 Å². The van der Waals surface area contributed by atoms with Gasteiger partial charge in [0.05, 0.1) is 12.7 Å². The third-order valence-corrected chi connectivity index (χ3v) is 7.39. The SMILES string of the molecule is COCOc1ccc(C2=Cc3ccc(C)cc3OC2)cc1.COCOc1ccc(C2COc3cc(C)ccc3C2O)cc1.IC(I)I.[CH2-]I.[V]. The molecule has 2 unspecified atom stereocenters. The van der Waals surface area contributed by atoms with E-state index in [-0.39, 0.29) is 38.1 Å². The monoisotopic (exact) mass is 1170 g/mol. The number of methoxy groups -OCH3 is 2. The Bertz CT molecular complexity index is 1600. The van der Waals surface area contributed by atoms with Gasteiger partial charge in [0.25, 0.3) is 0 Å². The van der Waals surface area contributed by atoms with Gasteiger partial charge in [-0.05, 0) is 84.1 Å². The molecule has 2 aliphatic heterocycles. The Kier molecular flexibility index (Phi) is 22.2. The zero-order valence-corrected chi connectivity index (χ0v) is 38.3. The summed E-state index contributed by atoms with van der Waals surface area (Å²) in [5.41, 5.74) is 7.66. The first kappa shape index (κ1) is 45.4. The number of aliphatic hydroxyl groups is 1. The Hall–Kier alpha value is -0.796. The summed E-state index contributed by atoms with van der Waals surface area (Å²) >= 11 is 8.85. The molecule has 0 aromatic heterocycles. The topological polar surface area (TPSA) is 75.6 Å². The summed E-state index contributed by atoms with van der Waals surface area (Å²) in [6.07, 6.45) is 1.62. The molecule has 1 N–H and O–H groups in total. The van der Waals surface area contributed by atoms with Crippen LogP contribution in [0.1, 0.15) is 45.4 Å². The van der Waals surface area contributed by atoms with Gasteiger partial charge in [-0.25, -0.2) is 0 Å². The zero-order chi connectivity index (χ0) is 35.8. The summed E-state index contributed by atoms with van der Waals surface area (Å²) in [6, 6.07) is 27.8. The van der Waals surface area contributed by atoms with Gasteiger partial charge in [0.15, 0.2) is 13.6 Å². The molecule has 12 heteroatoms. The van der Waals surface area contributed by atoms with Crippen LogP contribution >= 0.6 is 90.4 Å². The van der Waals surface area contributed by atoms with Crippen LogP contribution in [0.25, 0.3) is 11.6 Å². The molecule has 50 heavy (non-hydrogen) atoms. The number of halogens is 4. The smallest absolute Gasteiger partial charge is 0.188 e. The number of hydrogen-bond acceptors (Lipinski definition) is 7. The van der Waals surface area contributed by atoms with E-state index in [2.05, 4.69) is 104 Å². The van der Waals surface area contributed by atoms with Crippen molar-refractivity contribution in [2.24, 2.45) is 0 Å². The van der Waals surface area contributed by atoms with Crippen LogP contribution in [-0.4, -0.2) is 46.1 Å². The number of benzene rings is 4. The van der Waals surface area contributed by atoms with Gasteiger partial charge in [-0.2, -0.15) is 0 Å². The predicted molar refractivity (Wildman–Crippen MR) is 232 cm³/mol. The van der Waals surface area contributed by atoms with Crippen molar-refractivity contribution in [3.05, 3.63) is 123 Å². The normalized spacial score (nSPS) is 15.2. The first-order valence-corrected chi connectivity index (χ1v) is 20.4. The van der Waals surface area contributed by atoms with E-state index < -0.39 is 6.10 Å². The van der Waals surface area contributed by atoms with Gasteiger partial charge in [0.2, 0.25) is 0 Å². The minimum absolute atomic E-state index is 0. The van der Waals surface area contributed by atoms with Crippen LogP contribution in [0.3, 0.4) is 0 Å². The minimum Gasteiger partial charge on any atom is -0.492 e. The maximum absolute atomic E-state index is 10.6. The van der Waals surface area contributed by atoms with Crippen LogP contribution < -0.4 is 18.9 Å². The quantitative estimate of drug-likeness (QED) is 0.0815. The van der Waals surface area contributed by atoms with E-state index in [0.717, 1.165) is 50.8 Å². The fourth-order valence-corrected chi connectivity index (χ4v) is 5.04. The molecule has 0 amide bonds. The molecule has 6 rings (SSSR count). The maximum Gasteiger partial charge on any atom is 0.188 e. The summed E-state index contributed by atoms with van der Waals surface area (Å²) < 4.78 is 33.0. The van der Waals surface area contributed by atoms with Crippen LogP contribution in [0.5, 0.6) is 23.0 Å². The Labute approximate surface area is 363 Å². The average molecular weight is 1170 g/mol. The molecule has 7 nitrogen and oxygen atoms in total. The Morgan fingerprint density at radius 2 is 1.28 bits per heavy atom. The molecule has 4 aromatic rings. The van der Waals surface area contributed by atoms with Crippen molar-refractivity contribution >= 4 is 102 Å². The number of fused-ring (bicyclic) bond motifs is 2. The number of aryl methyl sites for hydroxylation is 2. The van der Waals surface area contributed by atoms with E-state index in [9.17, 15) is 5.11 Å². The maximum atomic E-state index is 10.6. The summed E-state index contributed by atoms with van der Waals surface area (Å²) in [7, 11) is 3.20. The molecule has 0 fully saturated rings. The van der Waals surface area contributed by atoms with Gasteiger partial charge in [-0.15, -0.1) is 0 Å².